The molecule has 4 rings (SSSR count). The number of aryl methyl sites for hydroxylation is 1. The fourth-order valence-electron chi connectivity index (χ4n) is 3.39. The molecule has 20 heavy (non-hydrogen) atoms. The first-order chi connectivity index (χ1) is 9.81. The van der Waals surface area contributed by atoms with Crippen molar-refractivity contribution in [3.05, 3.63) is 18.0 Å². The first kappa shape index (κ1) is 12.3. The molecule has 1 N–H and O–H groups in total. The minimum Gasteiger partial charge on any atom is -0.361 e. The number of aliphatic imine (C=N–C) groups is 1. The van der Waals surface area contributed by atoms with E-state index in [1.54, 1.807) is 0 Å². The number of piperidine rings is 1. The van der Waals surface area contributed by atoms with Crippen LogP contribution in [0.3, 0.4) is 0 Å². The number of hydrogen-bond donors (Lipinski definition) is 1. The molecule has 3 aliphatic rings. The van der Waals surface area contributed by atoms with Gasteiger partial charge in [-0.05, 0) is 51.8 Å². The fraction of sp³-hybridized carbons (Fsp3) is 0.625. The molecule has 1 aromatic heterocycles. The van der Waals surface area contributed by atoms with Gasteiger partial charge < -0.3 is 10.2 Å². The van der Waals surface area contributed by atoms with E-state index in [4.69, 9.17) is 4.99 Å². The third-order valence-corrected chi connectivity index (χ3v) is 4.70. The van der Waals surface area contributed by atoms with Crippen molar-refractivity contribution in [1.29, 1.82) is 0 Å². The van der Waals surface area contributed by atoms with Gasteiger partial charge in [0.2, 0.25) is 0 Å². The number of rotatable bonds is 2. The molecule has 0 amide bonds. The van der Waals surface area contributed by atoms with Crippen LogP contribution in [0.5, 0.6) is 0 Å². The van der Waals surface area contributed by atoms with Crippen molar-refractivity contribution in [1.82, 2.24) is 10.3 Å². The van der Waals surface area contributed by atoms with Crippen LogP contribution in [-0.4, -0.2) is 36.4 Å². The lowest BCUT2D eigenvalue weighted by atomic mass is 9.91. The summed E-state index contributed by atoms with van der Waals surface area (Å²) in [4.78, 5) is 12.0. The van der Waals surface area contributed by atoms with Gasteiger partial charge in [-0.25, -0.2) is 0 Å². The van der Waals surface area contributed by atoms with Crippen molar-refractivity contribution in [3.8, 4) is 0 Å². The Morgan fingerprint density at radius 3 is 2.75 bits per heavy atom. The van der Waals surface area contributed by atoms with Crippen molar-refractivity contribution >= 4 is 17.1 Å². The maximum absolute atomic E-state index is 4.96. The van der Waals surface area contributed by atoms with Crippen LogP contribution in [0.4, 0.5) is 11.4 Å². The first-order valence-electron chi connectivity index (χ1n) is 7.83. The Hall–Kier alpha value is -1.42. The number of nitrogens with one attached hydrogen (secondary N) is 1. The lowest BCUT2D eigenvalue weighted by Gasteiger charge is -2.34. The Bertz CT molecular complexity index is 541. The minimum absolute atomic E-state index is 0.659. The molecular weight excluding hydrogens is 248 g/mol. The molecule has 3 heterocycles. The van der Waals surface area contributed by atoms with Crippen LogP contribution >= 0.6 is 0 Å². The van der Waals surface area contributed by atoms with E-state index in [2.05, 4.69) is 28.2 Å². The zero-order chi connectivity index (χ0) is 13.5. The van der Waals surface area contributed by atoms with Gasteiger partial charge in [0, 0.05) is 23.4 Å². The Balaban J connectivity index is 1.69. The van der Waals surface area contributed by atoms with E-state index in [9.17, 15) is 0 Å². The van der Waals surface area contributed by atoms with Gasteiger partial charge in [-0.15, -0.1) is 0 Å². The molecule has 1 aliphatic carbocycles. The SMILES string of the molecule is Cc1cc2c(cn1)N=C(C1CCNCC1)CN2C1CC1. The average Bonchev–Trinajstić information content (AvgIpc) is 3.32. The highest BCUT2D eigenvalue weighted by atomic mass is 15.2. The molecule has 1 saturated carbocycles. The summed E-state index contributed by atoms with van der Waals surface area (Å²) in [5, 5.41) is 3.45. The smallest absolute Gasteiger partial charge is 0.105 e. The van der Waals surface area contributed by atoms with Crippen molar-refractivity contribution in [2.45, 2.75) is 38.6 Å². The van der Waals surface area contributed by atoms with Crippen LogP contribution in [0.15, 0.2) is 17.3 Å². The summed E-state index contributed by atoms with van der Waals surface area (Å²) in [5.41, 5.74) is 4.87. The van der Waals surface area contributed by atoms with Crippen molar-refractivity contribution in [2.75, 3.05) is 24.5 Å². The molecule has 1 aromatic rings. The predicted molar refractivity (Wildman–Crippen MR) is 82.0 cm³/mol. The van der Waals surface area contributed by atoms with E-state index in [1.165, 1.54) is 37.1 Å². The maximum atomic E-state index is 4.96. The number of anilines is 1. The van der Waals surface area contributed by atoms with E-state index >= 15 is 0 Å². The zero-order valence-corrected chi connectivity index (χ0v) is 12.1. The van der Waals surface area contributed by atoms with Crippen LogP contribution in [0.2, 0.25) is 0 Å². The lowest BCUT2D eigenvalue weighted by molar-refractivity contribution is 0.453. The quantitative estimate of drug-likeness (QED) is 0.897. The van der Waals surface area contributed by atoms with Gasteiger partial charge in [0.1, 0.15) is 5.69 Å². The lowest BCUT2D eigenvalue weighted by Crippen LogP contribution is -2.40. The zero-order valence-electron chi connectivity index (χ0n) is 12.1. The highest BCUT2D eigenvalue weighted by Gasteiger charge is 2.35. The van der Waals surface area contributed by atoms with Gasteiger partial charge in [-0.2, -0.15) is 0 Å². The minimum atomic E-state index is 0.659. The third kappa shape index (κ3) is 2.22. The predicted octanol–water partition coefficient (Wildman–Crippen LogP) is 2.44. The molecule has 2 aliphatic heterocycles. The second kappa shape index (κ2) is 4.85. The van der Waals surface area contributed by atoms with Gasteiger partial charge in [0.25, 0.3) is 0 Å². The van der Waals surface area contributed by atoms with Gasteiger partial charge in [0.15, 0.2) is 0 Å². The second-order valence-corrected chi connectivity index (χ2v) is 6.30. The number of fused-ring (bicyclic) bond motifs is 1. The number of aromatic nitrogens is 1. The Kier molecular flexibility index (Phi) is 2.99. The molecule has 106 valence electrons. The fourth-order valence-corrected chi connectivity index (χ4v) is 3.39. The molecule has 0 spiro atoms. The van der Waals surface area contributed by atoms with Crippen molar-refractivity contribution < 1.29 is 0 Å². The Labute approximate surface area is 120 Å². The number of pyridine rings is 1. The Morgan fingerprint density at radius 2 is 2.00 bits per heavy atom. The van der Waals surface area contributed by atoms with Crippen LogP contribution < -0.4 is 10.2 Å². The molecule has 0 unspecified atom stereocenters. The average molecular weight is 270 g/mol. The van der Waals surface area contributed by atoms with E-state index in [0.29, 0.717) is 5.92 Å². The maximum Gasteiger partial charge on any atom is 0.105 e. The summed E-state index contributed by atoms with van der Waals surface area (Å²) in [6.45, 7) is 5.36. The molecule has 4 nitrogen and oxygen atoms in total. The molecule has 2 fully saturated rings. The number of nitrogens with zero attached hydrogens (tertiary/aromatic N) is 3. The molecule has 0 aromatic carbocycles. The number of hydrogen-bond acceptors (Lipinski definition) is 4. The van der Waals surface area contributed by atoms with E-state index < -0.39 is 0 Å². The van der Waals surface area contributed by atoms with Gasteiger partial charge >= 0.3 is 0 Å². The van der Waals surface area contributed by atoms with E-state index in [1.807, 2.05) is 6.20 Å². The molecule has 0 radical (unpaired) electrons. The summed E-state index contributed by atoms with van der Waals surface area (Å²) in [6.07, 6.45) is 7.08. The van der Waals surface area contributed by atoms with E-state index in [0.717, 1.165) is 37.1 Å². The van der Waals surface area contributed by atoms with Crippen molar-refractivity contribution in [2.24, 2.45) is 10.9 Å². The molecule has 0 bridgehead atoms. The van der Waals surface area contributed by atoms with Gasteiger partial charge in [-0.3, -0.25) is 9.98 Å². The van der Waals surface area contributed by atoms with Crippen LogP contribution in [0.25, 0.3) is 0 Å². The Morgan fingerprint density at radius 1 is 1.20 bits per heavy atom. The molecule has 0 atom stereocenters. The summed E-state index contributed by atoms with van der Waals surface area (Å²) >= 11 is 0. The van der Waals surface area contributed by atoms with E-state index in [-0.39, 0.29) is 0 Å². The summed E-state index contributed by atoms with van der Waals surface area (Å²) in [7, 11) is 0. The van der Waals surface area contributed by atoms with Crippen LogP contribution in [0.1, 0.15) is 31.4 Å². The highest BCUT2D eigenvalue weighted by molar-refractivity contribution is 5.97. The highest BCUT2D eigenvalue weighted by Crippen LogP contribution is 2.40. The van der Waals surface area contributed by atoms with Gasteiger partial charge in [-0.1, -0.05) is 0 Å². The monoisotopic (exact) mass is 270 g/mol. The topological polar surface area (TPSA) is 40.5 Å². The van der Waals surface area contributed by atoms with Crippen LogP contribution in [-0.2, 0) is 0 Å². The summed E-state index contributed by atoms with van der Waals surface area (Å²) in [5.74, 6) is 0.659. The third-order valence-electron chi connectivity index (χ3n) is 4.70. The standard InChI is InChI=1S/C16H22N4/c1-11-8-16-14(9-18-11)19-15(10-20(16)13-2-3-13)12-4-6-17-7-5-12/h8-9,12-13,17H,2-7,10H2,1H3. The molecule has 4 heteroatoms. The normalized spacial score (nSPS) is 23.4. The summed E-state index contributed by atoms with van der Waals surface area (Å²) < 4.78 is 0. The van der Waals surface area contributed by atoms with Crippen LogP contribution in [0, 0.1) is 12.8 Å². The largest absolute Gasteiger partial charge is 0.361 e. The molecule has 1 saturated heterocycles. The summed E-state index contributed by atoms with van der Waals surface area (Å²) in [6, 6.07) is 2.94. The first-order valence-corrected chi connectivity index (χ1v) is 7.83. The second-order valence-electron chi connectivity index (χ2n) is 6.30. The molecular formula is C16H22N4. The van der Waals surface area contributed by atoms with Crippen molar-refractivity contribution in [3.63, 3.8) is 0 Å². The van der Waals surface area contributed by atoms with Gasteiger partial charge in [0.05, 0.1) is 18.4 Å².